The Morgan fingerprint density at radius 3 is 2.61 bits per heavy atom. The van der Waals surface area contributed by atoms with Gasteiger partial charge in [-0.2, -0.15) is 0 Å². The van der Waals surface area contributed by atoms with E-state index in [9.17, 15) is 0 Å². The third-order valence-electron chi connectivity index (χ3n) is 4.42. The molecule has 1 aromatic rings. The summed E-state index contributed by atoms with van der Waals surface area (Å²) < 4.78 is 5.19. The van der Waals surface area contributed by atoms with E-state index in [1.165, 1.54) is 44.3 Å². The number of nitrogens with zero attached hydrogens (tertiary/aromatic N) is 2. The Hall–Kier alpha value is -1.75. The highest BCUT2D eigenvalue weighted by atomic mass is 16.5. The van der Waals surface area contributed by atoms with Gasteiger partial charge >= 0.3 is 0 Å². The lowest BCUT2D eigenvalue weighted by Crippen LogP contribution is -2.42. The molecule has 0 spiro atoms. The van der Waals surface area contributed by atoms with Crippen molar-refractivity contribution in [3.63, 3.8) is 0 Å². The summed E-state index contributed by atoms with van der Waals surface area (Å²) in [5, 5.41) is 6.99. The van der Waals surface area contributed by atoms with Crippen LogP contribution in [-0.2, 0) is 6.54 Å². The molecule has 2 N–H and O–H groups in total. The molecule has 2 fully saturated rings. The zero-order valence-corrected chi connectivity index (χ0v) is 14.1. The maximum absolute atomic E-state index is 5.19. The van der Waals surface area contributed by atoms with Gasteiger partial charge in [0.2, 0.25) is 0 Å². The molecule has 0 atom stereocenters. The number of hydrogen-bond acceptors (Lipinski definition) is 3. The molecule has 1 saturated heterocycles. The van der Waals surface area contributed by atoms with E-state index in [0.29, 0.717) is 12.6 Å². The lowest BCUT2D eigenvalue weighted by molar-refractivity contribution is 0.343. The van der Waals surface area contributed by atoms with Crippen LogP contribution >= 0.6 is 0 Å². The summed E-state index contributed by atoms with van der Waals surface area (Å²) in [6.45, 7) is 5.25. The first-order valence-corrected chi connectivity index (χ1v) is 8.73. The van der Waals surface area contributed by atoms with Crippen LogP contribution in [0.4, 0.5) is 0 Å². The van der Waals surface area contributed by atoms with Crippen LogP contribution in [-0.4, -0.2) is 50.2 Å². The zero-order chi connectivity index (χ0) is 15.9. The van der Waals surface area contributed by atoms with Crippen molar-refractivity contribution in [3.05, 3.63) is 29.8 Å². The number of likely N-dealkylation sites (tertiary alicyclic amines) is 1. The van der Waals surface area contributed by atoms with E-state index in [1.54, 1.807) is 7.11 Å². The predicted octanol–water partition coefficient (Wildman–Crippen LogP) is 1.99. The number of nitrogens with one attached hydrogen (secondary N) is 2. The molecule has 3 rings (SSSR count). The molecule has 5 nitrogen and oxygen atoms in total. The summed E-state index contributed by atoms with van der Waals surface area (Å²) in [4.78, 5) is 7.25. The standard InChI is InChI=1S/C18H28N4O/c1-23-17-8-4-15(5-9-17)14-20-18(21-16-6-7-16)19-10-13-22-11-2-3-12-22/h4-5,8-9,16H,2-3,6-7,10-14H2,1H3,(H2,19,20,21). The van der Waals surface area contributed by atoms with Crippen molar-refractivity contribution in [1.82, 2.24) is 15.5 Å². The van der Waals surface area contributed by atoms with E-state index in [0.717, 1.165) is 24.8 Å². The normalized spacial score (nSPS) is 18.9. The monoisotopic (exact) mass is 316 g/mol. The molecule has 0 bridgehead atoms. The number of guanidine groups is 1. The lowest BCUT2D eigenvalue weighted by Gasteiger charge is -2.17. The average molecular weight is 316 g/mol. The highest BCUT2D eigenvalue weighted by Crippen LogP contribution is 2.18. The van der Waals surface area contributed by atoms with Crippen molar-refractivity contribution in [1.29, 1.82) is 0 Å². The molecular weight excluding hydrogens is 288 g/mol. The first-order valence-electron chi connectivity index (χ1n) is 8.73. The van der Waals surface area contributed by atoms with E-state index < -0.39 is 0 Å². The summed E-state index contributed by atoms with van der Waals surface area (Å²) in [7, 11) is 1.69. The van der Waals surface area contributed by atoms with Crippen LogP contribution in [0.3, 0.4) is 0 Å². The third kappa shape index (κ3) is 5.43. The largest absolute Gasteiger partial charge is 0.497 e. The quantitative estimate of drug-likeness (QED) is 0.597. The maximum atomic E-state index is 5.19. The molecule has 23 heavy (non-hydrogen) atoms. The number of aliphatic imine (C=N–C) groups is 1. The summed E-state index contributed by atoms with van der Waals surface area (Å²) in [6, 6.07) is 8.73. The summed E-state index contributed by atoms with van der Waals surface area (Å²) >= 11 is 0. The van der Waals surface area contributed by atoms with E-state index in [2.05, 4.69) is 27.7 Å². The van der Waals surface area contributed by atoms with Gasteiger partial charge in [0.15, 0.2) is 5.96 Å². The molecule has 1 aromatic carbocycles. The van der Waals surface area contributed by atoms with Gasteiger partial charge in [-0.1, -0.05) is 12.1 Å². The van der Waals surface area contributed by atoms with Gasteiger partial charge in [-0.15, -0.1) is 0 Å². The van der Waals surface area contributed by atoms with Crippen molar-refractivity contribution >= 4 is 5.96 Å². The number of methoxy groups -OCH3 is 1. The van der Waals surface area contributed by atoms with Gasteiger partial charge < -0.3 is 20.3 Å². The molecular formula is C18H28N4O. The molecule has 126 valence electrons. The maximum Gasteiger partial charge on any atom is 0.191 e. The fourth-order valence-electron chi connectivity index (χ4n) is 2.81. The SMILES string of the molecule is COc1ccc(CN=C(NCCN2CCCC2)NC2CC2)cc1. The molecule has 1 heterocycles. The number of hydrogen-bond donors (Lipinski definition) is 2. The number of benzene rings is 1. The van der Waals surface area contributed by atoms with Crippen LogP contribution in [0.15, 0.2) is 29.3 Å². The Kier molecular flexibility index (Phi) is 5.75. The minimum atomic E-state index is 0.615. The summed E-state index contributed by atoms with van der Waals surface area (Å²) in [5.74, 6) is 1.83. The second-order valence-corrected chi connectivity index (χ2v) is 6.41. The van der Waals surface area contributed by atoms with Crippen LogP contribution in [0.2, 0.25) is 0 Å². The Balaban J connectivity index is 1.49. The first kappa shape index (κ1) is 16.1. The topological polar surface area (TPSA) is 48.9 Å². The molecule has 1 aliphatic heterocycles. The second kappa shape index (κ2) is 8.20. The van der Waals surface area contributed by atoms with Gasteiger partial charge in [0.1, 0.15) is 5.75 Å². The summed E-state index contributed by atoms with van der Waals surface area (Å²) in [6.07, 6.45) is 5.21. The molecule has 1 aliphatic carbocycles. The molecule has 0 aromatic heterocycles. The van der Waals surface area contributed by atoms with E-state index in [1.807, 2.05) is 12.1 Å². The van der Waals surface area contributed by atoms with Crippen molar-refractivity contribution in [2.45, 2.75) is 38.3 Å². The minimum absolute atomic E-state index is 0.615. The van der Waals surface area contributed by atoms with Crippen LogP contribution in [0.1, 0.15) is 31.2 Å². The van der Waals surface area contributed by atoms with Crippen molar-refractivity contribution < 1.29 is 4.74 Å². The molecule has 0 radical (unpaired) electrons. The molecule has 0 amide bonds. The van der Waals surface area contributed by atoms with Crippen molar-refractivity contribution in [3.8, 4) is 5.75 Å². The van der Waals surface area contributed by atoms with E-state index >= 15 is 0 Å². The van der Waals surface area contributed by atoms with E-state index in [4.69, 9.17) is 9.73 Å². The number of ether oxygens (including phenoxy) is 1. The number of rotatable bonds is 7. The Bertz CT molecular complexity index is 504. The fourth-order valence-corrected chi connectivity index (χ4v) is 2.81. The smallest absolute Gasteiger partial charge is 0.191 e. The highest BCUT2D eigenvalue weighted by molar-refractivity contribution is 5.80. The van der Waals surface area contributed by atoms with Crippen molar-refractivity contribution in [2.24, 2.45) is 4.99 Å². The van der Waals surface area contributed by atoms with Crippen LogP contribution < -0.4 is 15.4 Å². The van der Waals surface area contributed by atoms with Crippen molar-refractivity contribution in [2.75, 3.05) is 33.3 Å². The van der Waals surface area contributed by atoms with Gasteiger partial charge in [0.05, 0.1) is 13.7 Å². The van der Waals surface area contributed by atoms with Gasteiger partial charge in [0, 0.05) is 19.1 Å². The fraction of sp³-hybridized carbons (Fsp3) is 0.611. The average Bonchev–Trinajstić information content (AvgIpc) is 3.25. The van der Waals surface area contributed by atoms with E-state index in [-0.39, 0.29) is 0 Å². The Morgan fingerprint density at radius 2 is 1.96 bits per heavy atom. The van der Waals surface area contributed by atoms with Crippen LogP contribution in [0.25, 0.3) is 0 Å². The van der Waals surface area contributed by atoms with Crippen LogP contribution in [0.5, 0.6) is 5.75 Å². The van der Waals surface area contributed by atoms with Gasteiger partial charge in [-0.25, -0.2) is 4.99 Å². The van der Waals surface area contributed by atoms with Gasteiger partial charge in [-0.3, -0.25) is 0 Å². The summed E-state index contributed by atoms with van der Waals surface area (Å²) in [5.41, 5.74) is 1.20. The Labute approximate surface area is 139 Å². The van der Waals surface area contributed by atoms with Gasteiger partial charge in [0.25, 0.3) is 0 Å². The van der Waals surface area contributed by atoms with Gasteiger partial charge in [-0.05, 0) is 56.5 Å². The molecule has 5 heteroatoms. The van der Waals surface area contributed by atoms with Crippen LogP contribution in [0, 0.1) is 0 Å². The predicted molar refractivity (Wildman–Crippen MR) is 94.0 cm³/mol. The minimum Gasteiger partial charge on any atom is -0.497 e. The first-order chi connectivity index (χ1) is 11.3. The molecule has 2 aliphatic rings. The highest BCUT2D eigenvalue weighted by Gasteiger charge is 2.22. The third-order valence-corrected chi connectivity index (χ3v) is 4.42. The Morgan fingerprint density at radius 1 is 1.22 bits per heavy atom. The zero-order valence-electron chi connectivity index (χ0n) is 14.1. The second-order valence-electron chi connectivity index (χ2n) is 6.41. The molecule has 1 saturated carbocycles. The lowest BCUT2D eigenvalue weighted by atomic mass is 10.2. The molecule has 0 unspecified atom stereocenters.